The van der Waals surface area contributed by atoms with Gasteiger partial charge in [-0.2, -0.15) is 0 Å². The minimum atomic E-state index is -0.566. The van der Waals surface area contributed by atoms with E-state index in [0.717, 1.165) is 5.57 Å². The van der Waals surface area contributed by atoms with Crippen molar-refractivity contribution in [2.24, 2.45) is 11.7 Å². The molecular weight excluding hydrogens is 167 g/mol. The van der Waals surface area contributed by atoms with E-state index in [9.17, 15) is 4.39 Å². The van der Waals surface area contributed by atoms with E-state index < -0.39 is 5.92 Å². The molecule has 0 aliphatic heterocycles. The number of allylic oxidation sites excluding steroid dienone is 4. The summed E-state index contributed by atoms with van der Waals surface area (Å²) in [6.07, 6.45) is 3.93. The molecule has 0 saturated heterocycles. The molecule has 1 unspecified atom stereocenters. The van der Waals surface area contributed by atoms with Crippen LogP contribution in [0.3, 0.4) is 0 Å². The number of hydrogen-bond donors (Lipinski definition) is 2. The highest BCUT2D eigenvalue weighted by Gasteiger charge is 2.23. The molecule has 2 nitrogen and oxygen atoms in total. The Hall–Kier alpha value is -1.38. The fourth-order valence-electron chi connectivity index (χ4n) is 1.40. The molecule has 0 heterocycles. The van der Waals surface area contributed by atoms with Crippen LogP contribution in [-0.4, -0.2) is 5.84 Å². The second-order valence-electron chi connectivity index (χ2n) is 3.08. The standard InChI is InChI=1S/C10H13FN2/c1-3-7-4-5-8(10(12)13)9(11)6(7)2/h3-4,8H,1,5H2,2H3,(H3,12,13). The van der Waals surface area contributed by atoms with E-state index in [-0.39, 0.29) is 11.7 Å². The van der Waals surface area contributed by atoms with Crippen molar-refractivity contribution in [2.75, 3.05) is 0 Å². The van der Waals surface area contributed by atoms with Gasteiger partial charge >= 0.3 is 0 Å². The molecule has 1 aliphatic rings. The molecule has 1 rings (SSSR count). The average molecular weight is 180 g/mol. The zero-order valence-corrected chi connectivity index (χ0v) is 7.60. The first-order chi connectivity index (χ1) is 6.07. The fourth-order valence-corrected chi connectivity index (χ4v) is 1.40. The molecule has 0 amide bonds. The van der Waals surface area contributed by atoms with Crippen molar-refractivity contribution >= 4 is 5.84 Å². The van der Waals surface area contributed by atoms with Gasteiger partial charge in [0, 0.05) is 0 Å². The summed E-state index contributed by atoms with van der Waals surface area (Å²) < 4.78 is 13.5. The molecule has 0 aromatic rings. The van der Waals surface area contributed by atoms with Gasteiger partial charge in [0.25, 0.3) is 0 Å². The summed E-state index contributed by atoms with van der Waals surface area (Å²) in [4.78, 5) is 0. The first kappa shape index (κ1) is 9.71. The normalized spacial score (nSPS) is 22.6. The van der Waals surface area contributed by atoms with Crippen LogP contribution in [0.25, 0.3) is 0 Å². The van der Waals surface area contributed by atoms with E-state index in [4.69, 9.17) is 11.1 Å². The summed E-state index contributed by atoms with van der Waals surface area (Å²) in [7, 11) is 0. The van der Waals surface area contributed by atoms with Crippen LogP contribution in [0, 0.1) is 11.3 Å². The smallest absolute Gasteiger partial charge is 0.114 e. The quantitative estimate of drug-likeness (QED) is 0.497. The lowest BCUT2D eigenvalue weighted by atomic mass is 9.89. The molecule has 13 heavy (non-hydrogen) atoms. The Kier molecular flexibility index (Phi) is 2.66. The SMILES string of the molecule is C=CC1=CCC(C(=N)N)C(F)=C1C. The van der Waals surface area contributed by atoms with E-state index in [1.807, 2.05) is 6.08 Å². The molecule has 3 N–H and O–H groups in total. The van der Waals surface area contributed by atoms with Gasteiger partial charge in [0.2, 0.25) is 0 Å². The Balaban J connectivity index is 3.03. The maximum Gasteiger partial charge on any atom is 0.114 e. The molecule has 1 aliphatic carbocycles. The number of halogens is 1. The largest absolute Gasteiger partial charge is 0.387 e. The van der Waals surface area contributed by atoms with Crippen LogP contribution < -0.4 is 5.73 Å². The number of amidine groups is 1. The minimum Gasteiger partial charge on any atom is -0.387 e. The first-order valence-corrected chi connectivity index (χ1v) is 4.11. The number of hydrogen-bond acceptors (Lipinski definition) is 1. The topological polar surface area (TPSA) is 49.9 Å². The van der Waals surface area contributed by atoms with Crippen molar-refractivity contribution in [1.82, 2.24) is 0 Å². The number of nitrogens with two attached hydrogens (primary N) is 1. The van der Waals surface area contributed by atoms with Gasteiger partial charge in [-0.15, -0.1) is 0 Å². The van der Waals surface area contributed by atoms with Gasteiger partial charge in [-0.3, -0.25) is 5.41 Å². The van der Waals surface area contributed by atoms with Crippen LogP contribution in [-0.2, 0) is 0 Å². The molecule has 0 bridgehead atoms. The summed E-state index contributed by atoms with van der Waals surface area (Å²) in [6.45, 7) is 5.26. The van der Waals surface area contributed by atoms with Crippen LogP contribution in [0.2, 0.25) is 0 Å². The van der Waals surface area contributed by atoms with E-state index >= 15 is 0 Å². The van der Waals surface area contributed by atoms with Crippen LogP contribution in [0.4, 0.5) is 4.39 Å². The third kappa shape index (κ3) is 1.69. The van der Waals surface area contributed by atoms with Crippen molar-refractivity contribution in [1.29, 1.82) is 5.41 Å². The van der Waals surface area contributed by atoms with Crippen molar-refractivity contribution in [3.8, 4) is 0 Å². The Morgan fingerprint density at radius 3 is 2.92 bits per heavy atom. The molecule has 0 aromatic heterocycles. The first-order valence-electron chi connectivity index (χ1n) is 4.11. The van der Waals surface area contributed by atoms with Gasteiger partial charge in [0.05, 0.1) is 5.92 Å². The Bertz CT molecular complexity index is 313. The zero-order valence-electron chi connectivity index (χ0n) is 7.60. The van der Waals surface area contributed by atoms with Crippen molar-refractivity contribution in [3.05, 3.63) is 35.7 Å². The van der Waals surface area contributed by atoms with Crippen LogP contribution >= 0.6 is 0 Å². The van der Waals surface area contributed by atoms with Gasteiger partial charge in [-0.05, 0) is 24.5 Å². The van der Waals surface area contributed by atoms with E-state index in [0.29, 0.717) is 12.0 Å². The Morgan fingerprint density at radius 1 is 1.85 bits per heavy atom. The lowest BCUT2D eigenvalue weighted by Crippen LogP contribution is -2.24. The van der Waals surface area contributed by atoms with Gasteiger partial charge < -0.3 is 5.73 Å². The maximum atomic E-state index is 13.5. The lowest BCUT2D eigenvalue weighted by Gasteiger charge is -2.19. The van der Waals surface area contributed by atoms with Crippen LogP contribution in [0.1, 0.15) is 13.3 Å². The Morgan fingerprint density at radius 2 is 2.46 bits per heavy atom. The average Bonchev–Trinajstić information content (AvgIpc) is 2.09. The third-order valence-electron chi connectivity index (χ3n) is 2.27. The van der Waals surface area contributed by atoms with Crippen molar-refractivity contribution in [3.63, 3.8) is 0 Å². The summed E-state index contributed by atoms with van der Waals surface area (Å²) in [5.41, 5.74) is 6.60. The van der Waals surface area contributed by atoms with Crippen molar-refractivity contribution in [2.45, 2.75) is 13.3 Å². The van der Waals surface area contributed by atoms with Crippen LogP contribution in [0.5, 0.6) is 0 Å². The zero-order chi connectivity index (χ0) is 10.0. The van der Waals surface area contributed by atoms with Gasteiger partial charge in [-0.25, -0.2) is 4.39 Å². The predicted octanol–water partition coefficient (Wildman–Crippen LogP) is 2.30. The number of nitrogens with one attached hydrogen (secondary N) is 1. The fraction of sp³-hybridized carbons (Fsp3) is 0.300. The molecule has 0 saturated carbocycles. The molecular formula is C10H13FN2. The van der Waals surface area contributed by atoms with E-state index in [2.05, 4.69) is 6.58 Å². The predicted molar refractivity (Wildman–Crippen MR) is 52.1 cm³/mol. The Labute approximate surface area is 77.1 Å². The molecule has 0 aromatic carbocycles. The van der Waals surface area contributed by atoms with E-state index in [1.165, 1.54) is 0 Å². The van der Waals surface area contributed by atoms with Crippen LogP contribution in [0.15, 0.2) is 35.7 Å². The summed E-state index contributed by atoms with van der Waals surface area (Å²) in [6, 6.07) is 0. The highest BCUT2D eigenvalue weighted by Crippen LogP contribution is 2.30. The second kappa shape index (κ2) is 3.56. The number of rotatable bonds is 2. The maximum absolute atomic E-state index is 13.5. The van der Waals surface area contributed by atoms with Gasteiger partial charge in [0.1, 0.15) is 11.7 Å². The molecule has 70 valence electrons. The summed E-state index contributed by atoms with van der Waals surface area (Å²) >= 11 is 0. The monoisotopic (exact) mass is 180 g/mol. The van der Waals surface area contributed by atoms with Gasteiger partial charge in [0.15, 0.2) is 0 Å². The molecule has 3 heteroatoms. The summed E-state index contributed by atoms with van der Waals surface area (Å²) in [5, 5.41) is 7.18. The molecule has 1 atom stereocenters. The molecule has 0 fully saturated rings. The minimum absolute atomic E-state index is 0.115. The molecule has 0 radical (unpaired) electrons. The highest BCUT2D eigenvalue weighted by molar-refractivity contribution is 5.83. The second-order valence-corrected chi connectivity index (χ2v) is 3.08. The van der Waals surface area contributed by atoms with Gasteiger partial charge in [-0.1, -0.05) is 18.7 Å². The van der Waals surface area contributed by atoms with Crippen molar-refractivity contribution < 1.29 is 4.39 Å². The third-order valence-corrected chi connectivity index (χ3v) is 2.27. The van der Waals surface area contributed by atoms with E-state index in [1.54, 1.807) is 13.0 Å². The lowest BCUT2D eigenvalue weighted by molar-refractivity contribution is 0.525. The summed E-state index contributed by atoms with van der Waals surface area (Å²) in [5.74, 6) is -0.982. The molecule has 0 spiro atoms. The highest BCUT2D eigenvalue weighted by atomic mass is 19.1.